The van der Waals surface area contributed by atoms with Crippen LogP contribution in [0.4, 0.5) is 11.5 Å². The first-order valence-electron chi connectivity index (χ1n) is 9.94. The second kappa shape index (κ2) is 12.7. The number of rotatable bonds is 5. The van der Waals surface area contributed by atoms with Crippen molar-refractivity contribution in [3.8, 4) is 11.5 Å². The molecule has 2 aromatic carbocycles. The molecule has 1 N–H and O–H groups in total. The quantitative estimate of drug-likeness (QED) is 0.447. The van der Waals surface area contributed by atoms with Crippen molar-refractivity contribution in [2.75, 3.05) is 19.0 Å². The first-order valence-corrected chi connectivity index (χ1v) is 9.94. The van der Waals surface area contributed by atoms with Crippen LogP contribution in [0.2, 0.25) is 0 Å². The van der Waals surface area contributed by atoms with E-state index >= 15 is 0 Å². The van der Waals surface area contributed by atoms with Crippen molar-refractivity contribution >= 4 is 22.4 Å². The lowest BCUT2D eigenvalue weighted by Crippen LogP contribution is -1.99. The molecule has 0 aliphatic carbocycles. The first kappa shape index (κ1) is 22.6. The van der Waals surface area contributed by atoms with Crippen LogP contribution in [0.25, 0.3) is 10.9 Å². The average Bonchev–Trinajstić information content (AvgIpc) is 2.83. The second-order valence-corrected chi connectivity index (χ2v) is 5.69. The summed E-state index contributed by atoms with van der Waals surface area (Å²) in [5.41, 5.74) is 1.77. The fourth-order valence-electron chi connectivity index (χ4n) is 2.56. The predicted octanol–water partition coefficient (Wildman–Crippen LogP) is 5.89. The van der Waals surface area contributed by atoms with Crippen LogP contribution in [0.15, 0.2) is 79.4 Å². The number of benzene rings is 2. The van der Waals surface area contributed by atoms with E-state index in [-0.39, 0.29) is 0 Å². The van der Waals surface area contributed by atoms with E-state index in [1.54, 1.807) is 19.5 Å². The topological polar surface area (TPSA) is 69.2 Å². The minimum absolute atomic E-state index is 0.566. The molecule has 2 heterocycles. The molecule has 0 radical (unpaired) electrons. The number of ether oxygens (including phenoxy) is 2. The molecule has 4 aromatic rings. The molecule has 0 bridgehead atoms. The minimum Gasteiger partial charge on any atom is -0.493 e. The van der Waals surface area contributed by atoms with Gasteiger partial charge in [-0.3, -0.25) is 4.98 Å². The van der Waals surface area contributed by atoms with Gasteiger partial charge in [-0.15, -0.1) is 0 Å². The van der Waals surface area contributed by atoms with E-state index in [1.165, 1.54) is 6.33 Å². The van der Waals surface area contributed by atoms with E-state index in [0.717, 1.165) is 22.4 Å². The predicted molar refractivity (Wildman–Crippen MR) is 123 cm³/mol. The lowest BCUT2D eigenvalue weighted by Gasteiger charge is -2.13. The number of anilines is 2. The molecule has 0 aliphatic rings. The van der Waals surface area contributed by atoms with Crippen LogP contribution in [-0.4, -0.2) is 28.7 Å². The fourth-order valence-corrected chi connectivity index (χ4v) is 2.56. The van der Waals surface area contributed by atoms with E-state index in [4.69, 9.17) is 9.47 Å². The summed E-state index contributed by atoms with van der Waals surface area (Å²) >= 11 is 0. The molecule has 0 spiro atoms. The first-order chi connectivity index (χ1) is 14.8. The Labute approximate surface area is 177 Å². The van der Waals surface area contributed by atoms with Gasteiger partial charge in [-0.05, 0) is 37.3 Å². The Hall–Kier alpha value is -3.67. The fraction of sp³-hybridized carbons (Fsp3) is 0.208. The van der Waals surface area contributed by atoms with E-state index in [9.17, 15) is 0 Å². The number of methoxy groups -OCH3 is 1. The molecule has 0 unspecified atom stereocenters. The Morgan fingerprint density at radius 1 is 0.867 bits per heavy atom. The average molecular weight is 405 g/mol. The van der Waals surface area contributed by atoms with Crippen LogP contribution < -0.4 is 14.8 Å². The van der Waals surface area contributed by atoms with Gasteiger partial charge in [0.05, 0.1) is 19.2 Å². The van der Waals surface area contributed by atoms with Gasteiger partial charge in [0.2, 0.25) is 0 Å². The van der Waals surface area contributed by atoms with Crippen molar-refractivity contribution in [1.29, 1.82) is 0 Å². The molecule has 0 saturated heterocycles. The van der Waals surface area contributed by atoms with Gasteiger partial charge in [0.25, 0.3) is 0 Å². The maximum absolute atomic E-state index is 5.63. The van der Waals surface area contributed by atoms with Crippen LogP contribution in [0.5, 0.6) is 11.5 Å². The lowest BCUT2D eigenvalue weighted by atomic mass is 10.2. The SMILES string of the molecule is CC.CCOc1cc2c(Nc3ccccc3)ncnc2cc1OC.c1ccncc1. The highest BCUT2D eigenvalue weighted by Gasteiger charge is 2.11. The molecular weight excluding hydrogens is 376 g/mol. The zero-order chi connectivity index (χ0) is 21.6. The van der Waals surface area contributed by atoms with Crippen LogP contribution in [-0.2, 0) is 0 Å². The standard InChI is InChI=1S/C17H17N3O2.C5H5N.C2H6/c1-3-22-16-9-13-14(10-15(16)21-2)18-11-19-17(13)20-12-7-5-4-6-8-12;1-2-4-6-5-3-1;1-2/h4-11H,3H2,1-2H3,(H,18,19,20);1-5H;1-2H3. The van der Waals surface area contributed by atoms with E-state index in [0.29, 0.717) is 18.1 Å². The van der Waals surface area contributed by atoms with Gasteiger partial charge in [-0.25, -0.2) is 9.97 Å². The van der Waals surface area contributed by atoms with Gasteiger partial charge in [-0.2, -0.15) is 0 Å². The highest BCUT2D eigenvalue weighted by molar-refractivity contribution is 5.93. The van der Waals surface area contributed by atoms with Gasteiger partial charge in [0, 0.05) is 29.5 Å². The Morgan fingerprint density at radius 2 is 1.57 bits per heavy atom. The van der Waals surface area contributed by atoms with Gasteiger partial charge in [0.1, 0.15) is 12.1 Å². The molecule has 0 saturated carbocycles. The third-order valence-corrected chi connectivity index (χ3v) is 3.82. The lowest BCUT2D eigenvalue weighted by molar-refractivity contribution is 0.311. The Morgan fingerprint density at radius 3 is 2.13 bits per heavy atom. The Kier molecular flexibility index (Phi) is 9.59. The molecule has 30 heavy (non-hydrogen) atoms. The smallest absolute Gasteiger partial charge is 0.162 e. The van der Waals surface area contributed by atoms with Crippen molar-refractivity contribution in [2.45, 2.75) is 20.8 Å². The molecule has 0 fully saturated rings. The molecule has 4 rings (SSSR count). The number of aromatic nitrogens is 3. The van der Waals surface area contributed by atoms with Gasteiger partial charge < -0.3 is 14.8 Å². The van der Waals surface area contributed by atoms with E-state index in [2.05, 4.69) is 20.3 Å². The van der Waals surface area contributed by atoms with Crippen LogP contribution >= 0.6 is 0 Å². The van der Waals surface area contributed by atoms with Crippen LogP contribution in [0.1, 0.15) is 20.8 Å². The number of nitrogens with zero attached hydrogens (tertiary/aromatic N) is 3. The summed E-state index contributed by atoms with van der Waals surface area (Å²) in [4.78, 5) is 12.4. The third kappa shape index (κ3) is 6.44. The number of pyridine rings is 1. The number of fused-ring (bicyclic) bond motifs is 1. The molecule has 0 atom stereocenters. The molecular formula is C24H28N4O2. The molecule has 156 valence electrons. The highest BCUT2D eigenvalue weighted by atomic mass is 16.5. The van der Waals surface area contributed by atoms with Crippen LogP contribution in [0.3, 0.4) is 0 Å². The number of para-hydroxylation sites is 1. The van der Waals surface area contributed by atoms with E-state index in [1.807, 2.05) is 81.4 Å². The van der Waals surface area contributed by atoms with Crippen molar-refractivity contribution in [2.24, 2.45) is 0 Å². The molecule has 0 aliphatic heterocycles. The number of hydrogen-bond acceptors (Lipinski definition) is 6. The Balaban J connectivity index is 0.000000340. The van der Waals surface area contributed by atoms with Crippen molar-refractivity contribution in [3.05, 3.63) is 79.4 Å². The van der Waals surface area contributed by atoms with E-state index < -0.39 is 0 Å². The molecule has 0 amide bonds. The summed E-state index contributed by atoms with van der Waals surface area (Å²) < 4.78 is 11.0. The summed E-state index contributed by atoms with van der Waals surface area (Å²) in [6.07, 6.45) is 5.04. The summed E-state index contributed by atoms with van der Waals surface area (Å²) in [5, 5.41) is 4.19. The van der Waals surface area contributed by atoms with Gasteiger partial charge in [-0.1, -0.05) is 38.1 Å². The highest BCUT2D eigenvalue weighted by Crippen LogP contribution is 2.34. The maximum atomic E-state index is 5.63. The second-order valence-electron chi connectivity index (χ2n) is 5.69. The summed E-state index contributed by atoms with van der Waals surface area (Å²) in [5.74, 6) is 2.09. The van der Waals surface area contributed by atoms with Crippen molar-refractivity contribution < 1.29 is 9.47 Å². The summed E-state index contributed by atoms with van der Waals surface area (Å²) in [7, 11) is 1.62. The monoisotopic (exact) mass is 404 g/mol. The maximum Gasteiger partial charge on any atom is 0.162 e. The molecule has 2 aromatic heterocycles. The molecule has 6 nitrogen and oxygen atoms in total. The zero-order valence-corrected chi connectivity index (χ0v) is 17.9. The summed E-state index contributed by atoms with van der Waals surface area (Å²) in [6, 6.07) is 19.4. The normalized spacial score (nSPS) is 9.47. The van der Waals surface area contributed by atoms with Gasteiger partial charge in [0.15, 0.2) is 11.5 Å². The summed E-state index contributed by atoms with van der Waals surface area (Å²) in [6.45, 7) is 6.51. The van der Waals surface area contributed by atoms with Crippen molar-refractivity contribution in [3.63, 3.8) is 0 Å². The van der Waals surface area contributed by atoms with Gasteiger partial charge >= 0.3 is 0 Å². The number of hydrogen-bond donors (Lipinski definition) is 1. The van der Waals surface area contributed by atoms with Crippen molar-refractivity contribution in [1.82, 2.24) is 15.0 Å². The minimum atomic E-state index is 0.566. The number of nitrogens with one attached hydrogen (secondary N) is 1. The molecule has 6 heteroatoms. The zero-order valence-electron chi connectivity index (χ0n) is 17.9. The largest absolute Gasteiger partial charge is 0.493 e. The third-order valence-electron chi connectivity index (χ3n) is 3.82. The Bertz CT molecular complexity index is 969. The van der Waals surface area contributed by atoms with Crippen LogP contribution in [0, 0.1) is 0 Å².